The van der Waals surface area contributed by atoms with E-state index >= 15 is 0 Å². The van der Waals surface area contributed by atoms with E-state index in [4.69, 9.17) is 0 Å². The van der Waals surface area contributed by atoms with E-state index in [1.807, 2.05) is 0 Å². The smallest absolute Gasteiger partial charge is 0.195 e. The van der Waals surface area contributed by atoms with Gasteiger partial charge in [0, 0.05) is 10.8 Å². The number of benzene rings is 2. The lowest BCUT2D eigenvalue weighted by Crippen LogP contribution is -2.18. The van der Waals surface area contributed by atoms with E-state index in [1.54, 1.807) is 0 Å². The molecular weight excluding hydrogens is 257 g/mol. The summed E-state index contributed by atoms with van der Waals surface area (Å²) in [5.41, 5.74) is -1.22. The van der Waals surface area contributed by atoms with E-state index in [2.05, 4.69) is 0 Å². The highest BCUT2D eigenvalue weighted by Gasteiger charge is 2.26. The maximum absolute atomic E-state index is 13.5. The third-order valence-electron chi connectivity index (χ3n) is 2.87. The van der Waals surface area contributed by atoms with Gasteiger partial charge < -0.3 is 0 Å². The largest absolute Gasteiger partial charge is 0.204 e. The maximum Gasteiger partial charge on any atom is 0.195 e. The van der Waals surface area contributed by atoms with Crippen molar-refractivity contribution in [2.45, 2.75) is 6.92 Å². The normalized spacial score (nSPS) is 11.3. The molecule has 0 heterocycles. The summed E-state index contributed by atoms with van der Waals surface area (Å²) in [6, 6.07) is 0. The van der Waals surface area contributed by atoms with E-state index in [1.165, 1.54) is 0 Å². The lowest BCUT2D eigenvalue weighted by atomic mass is 9.87. The Labute approximate surface area is 98.6 Å². The van der Waals surface area contributed by atoms with Gasteiger partial charge in [-0.1, -0.05) is 0 Å². The van der Waals surface area contributed by atoms with Crippen molar-refractivity contribution in [3.63, 3.8) is 0 Å². The molecule has 0 amide bonds. The molecule has 0 unspecified atom stereocenters. The predicted octanol–water partition coefficient (Wildman–Crippen LogP) is 2.24. The maximum atomic E-state index is 13.5. The zero-order chi connectivity index (χ0) is 13.8. The lowest BCUT2D eigenvalue weighted by Gasteiger charge is -2.12. The van der Waals surface area contributed by atoms with Gasteiger partial charge >= 0.3 is 0 Å². The van der Waals surface area contributed by atoms with Crippen LogP contribution in [0.2, 0.25) is 0 Å². The first-order valence-corrected chi connectivity index (χ1v) is 4.88. The zero-order valence-electron chi connectivity index (χ0n) is 9.27. The fourth-order valence-corrected chi connectivity index (χ4v) is 1.88. The second kappa shape index (κ2) is 3.93. The standard InChI is InChI=1S/C11H5BF6/c1-2-3-4(8(15)10(17)6(2)13)5(12)9(16)11(18)7(3)14/h12H2,1H3. The summed E-state index contributed by atoms with van der Waals surface area (Å²) in [6.45, 7) is 0.958. The van der Waals surface area contributed by atoms with E-state index in [0.29, 0.717) is 0 Å². The highest BCUT2D eigenvalue weighted by atomic mass is 19.2. The van der Waals surface area contributed by atoms with Crippen LogP contribution in [-0.2, 0) is 0 Å². The molecule has 2 aromatic carbocycles. The Morgan fingerprint density at radius 1 is 0.611 bits per heavy atom. The van der Waals surface area contributed by atoms with Crippen LogP contribution in [0.3, 0.4) is 0 Å². The minimum Gasteiger partial charge on any atom is -0.204 e. The predicted molar refractivity (Wildman–Crippen MR) is 56.6 cm³/mol. The van der Waals surface area contributed by atoms with Crippen molar-refractivity contribution in [3.8, 4) is 0 Å². The molecule has 2 rings (SSSR count). The molecule has 0 aliphatic rings. The van der Waals surface area contributed by atoms with Crippen LogP contribution in [-0.4, -0.2) is 7.85 Å². The molecule has 0 atom stereocenters. The van der Waals surface area contributed by atoms with Crippen molar-refractivity contribution in [2.24, 2.45) is 0 Å². The molecule has 0 fully saturated rings. The number of halogens is 6. The Kier molecular flexibility index (Phi) is 2.79. The van der Waals surface area contributed by atoms with Crippen LogP contribution >= 0.6 is 0 Å². The third-order valence-corrected chi connectivity index (χ3v) is 2.87. The molecule has 0 N–H and O–H groups in total. The average molecular weight is 262 g/mol. The van der Waals surface area contributed by atoms with E-state index in [9.17, 15) is 26.3 Å². The van der Waals surface area contributed by atoms with Gasteiger partial charge in [0.2, 0.25) is 0 Å². The molecule has 0 nitrogen and oxygen atoms in total. The van der Waals surface area contributed by atoms with Gasteiger partial charge in [-0.2, -0.15) is 0 Å². The van der Waals surface area contributed by atoms with E-state index in [0.717, 1.165) is 14.8 Å². The summed E-state index contributed by atoms with van der Waals surface area (Å²) < 4.78 is 79.9. The van der Waals surface area contributed by atoms with Gasteiger partial charge in [0.25, 0.3) is 0 Å². The van der Waals surface area contributed by atoms with Gasteiger partial charge in [0.05, 0.1) is 0 Å². The van der Waals surface area contributed by atoms with Crippen LogP contribution < -0.4 is 5.46 Å². The molecule has 0 aromatic heterocycles. The first-order chi connectivity index (χ1) is 8.29. The highest BCUT2D eigenvalue weighted by Crippen LogP contribution is 2.30. The van der Waals surface area contributed by atoms with Crippen LogP contribution in [0.15, 0.2) is 0 Å². The molecule has 0 bridgehead atoms. The summed E-state index contributed by atoms with van der Waals surface area (Å²) in [4.78, 5) is 0. The number of rotatable bonds is 0. The van der Waals surface area contributed by atoms with Crippen molar-refractivity contribution in [1.82, 2.24) is 0 Å². The molecule has 0 saturated heterocycles. The van der Waals surface area contributed by atoms with Crippen LogP contribution in [0.1, 0.15) is 5.56 Å². The molecule has 0 saturated carbocycles. The summed E-state index contributed by atoms with van der Waals surface area (Å²) in [5, 5.41) is -1.58. The molecule has 7 heteroatoms. The molecule has 0 spiro atoms. The van der Waals surface area contributed by atoms with Crippen molar-refractivity contribution in [2.75, 3.05) is 0 Å². The zero-order valence-corrected chi connectivity index (χ0v) is 9.27. The third kappa shape index (κ3) is 1.42. The van der Waals surface area contributed by atoms with Crippen LogP contribution in [0.5, 0.6) is 0 Å². The van der Waals surface area contributed by atoms with Crippen LogP contribution in [0.25, 0.3) is 10.8 Å². The molecule has 2 aromatic rings. The van der Waals surface area contributed by atoms with Crippen molar-refractivity contribution < 1.29 is 26.3 Å². The lowest BCUT2D eigenvalue weighted by molar-refractivity contribution is 0.441. The summed E-state index contributed by atoms with van der Waals surface area (Å²) in [5.74, 6) is -10.4. The molecule has 94 valence electrons. The fraction of sp³-hybridized carbons (Fsp3) is 0.0909. The molecule has 0 aliphatic heterocycles. The van der Waals surface area contributed by atoms with Gasteiger partial charge in [-0.05, 0) is 17.9 Å². The van der Waals surface area contributed by atoms with Crippen molar-refractivity contribution in [1.29, 1.82) is 0 Å². The Morgan fingerprint density at radius 3 is 1.61 bits per heavy atom. The van der Waals surface area contributed by atoms with Gasteiger partial charge in [-0.3, -0.25) is 0 Å². The summed E-state index contributed by atoms with van der Waals surface area (Å²) in [6.07, 6.45) is 0. The number of aryl methyl sites for hydroxylation is 1. The van der Waals surface area contributed by atoms with E-state index < -0.39 is 56.7 Å². The Bertz CT molecular complexity index is 567. The molecule has 18 heavy (non-hydrogen) atoms. The average Bonchev–Trinajstić information content (AvgIpc) is 2.35. The summed E-state index contributed by atoms with van der Waals surface area (Å²) in [7, 11) is 0.958. The van der Waals surface area contributed by atoms with Crippen LogP contribution in [0, 0.1) is 41.8 Å². The topological polar surface area (TPSA) is 0 Å². The number of hydrogen-bond acceptors (Lipinski definition) is 0. The first-order valence-electron chi connectivity index (χ1n) is 4.88. The first kappa shape index (κ1) is 12.8. The second-order valence-corrected chi connectivity index (χ2v) is 3.88. The highest BCUT2D eigenvalue weighted by molar-refractivity contribution is 6.39. The minimum atomic E-state index is -1.84. The fourth-order valence-electron chi connectivity index (χ4n) is 1.88. The van der Waals surface area contributed by atoms with Gasteiger partial charge in [-0.15, -0.1) is 0 Å². The quantitative estimate of drug-likeness (QED) is 0.388. The second-order valence-electron chi connectivity index (χ2n) is 3.88. The van der Waals surface area contributed by atoms with Crippen molar-refractivity contribution >= 4 is 24.1 Å². The molecule has 0 aliphatic carbocycles. The summed E-state index contributed by atoms with van der Waals surface area (Å²) >= 11 is 0. The Hall–Kier alpha value is -1.66. The van der Waals surface area contributed by atoms with Crippen LogP contribution in [0.4, 0.5) is 26.3 Å². The van der Waals surface area contributed by atoms with Crippen molar-refractivity contribution in [3.05, 3.63) is 40.5 Å². The monoisotopic (exact) mass is 262 g/mol. The minimum absolute atomic E-state index is 0.608. The number of fused-ring (bicyclic) bond motifs is 1. The SMILES string of the molecule is Bc1c(F)c(F)c(F)c2c(C)c(F)c(F)c(F)c12. The number of hydrogen-bond donors (Lipinski definition) is 0. The van der Waals surface area contributed by atoms with E-state index in [-0.39, 0.29) is 0 Å². The Morgan fingerprint density at radius 2 is 1.06 bits per heavy atom. The van der Waals surface area contributed by atoms with Gasteiger partial charge in [-0.25, -0.2) is 26.3 Å². The Balaban J connectivity index is 3.22. The van der Waals surface area contributed by atoms with Gasteiger partial charge in [0.15, 0.2) is 34.9 Å². The van der Waals surface area contributed by atoms with Gasteiger partial charge in [0.1, 0.15) is 7.85 Å². The molecule has 0 radical (unpaired) electrons. The molecular formula is C11H5BF6.